The molecule has 1 aliphatic rings. The van der Waals surface area contributed by atoms with Crippen molar-refractivity contribution in [1.82, 2.24) is 15.1 Å². The first-order valence-corrected chi connectivity index (χ1v) is 8.04. The van der Waals surface area contributed by atoms with E-state index in [1.807, 2.05) is 22.4 Å². The van der Waals surface area contributed by atoms with Gasteiger partial charge < -0.3 is 15.0 Å². The van der Waals surface area contributed by atoms with E-state index in [-0.39, 0.29) is 12.0 Å². The minimum Gasteiger partial charge on any atom is -0.450 e. The first-order valence-electron chi connectivity index (χ1n) is 7.16. The van der Waals surface area contributed by atoms with Crippen LogP contribution in [0.15, 0.2) is 17.5 Å². The van der Waals surface area contributed by atoms with Crippen LogP contribution in [0.2, 0.25) is 0 Å². The normalized spacial score (nSPS) is 15.8. The highest BCUT2D eigenvalue weighted by molar-refractivity contribution is 7.12. The summed E-state index contributed by atoms with van der Waals surface area (Å²) in [7, 11) is 0. The zero-order valence-electron chi connectivity index (χ0n) is 12.2. The molecule has 7 heteroatoms. The Labute approximate surface area is 128 Å². The Bertz CT molecular complexity index is 456. The van der Waals surface area contributed by atoms with Crippen LogP contribution in [0.3, 0.4) is 0 Å². The van der Waals surface area contributed by atoms with Gasteiger partial charge in [0.15, 0.2) is 0 Å². The van der Waals surface area contributed by atoms with Crippen LogP contribution < -0.4 is 5.32 Å². The Hall–Kier alpha value is -1.60. The number of thiophene rings is 1. The molecule has 6 nitrogen and oxygen atoms in total. The number of rotatable bonds is 5. The third-order valence-electron chi connectivity index (χ3n) is 3.36. The van der Waals surface area contributed by atoms with Gasteiger partial charge in [0.1, 0.15) is 0 Å². The maximum atomic E-state index is 12.2. The van der Waals surface area contributed by atoms with E-state index in [2.05, 4.69) is 10.2 Å². The van der Waals surface area contributed by atoms with E-state index < -0.39 is 0 Å². The average Bonchev–Trinajstić information content (AvgIpc) is 3.02. The van der Waals surface area contributed by atoms with Gasteiger partial charge in [-0.2, -0.15) is 0 Å². The van der Waals surface area contributed by atoms with Crippen LogP contribution in [0.1, 0.15) is 16.6 Å². The topological polar surface area (TPSA) is 61.9 Å². The number of carbonyl (C=O) groups excluding carboxylic acids is 2. The zero-order chi connectivity index (χ0) is 15.1. The van der Waals surface area contributed by atoms with Crippen molar-refractivity contribution in [2.24, 2.45) is 0 Å². The van der Waals surface area contributed by atoms with Gasteiger partial charge in [0.25, 0.3) is 5.91 Å². The SMILES string of the molecule is CCOC(=O)NCCN1CCN(C(=O)c2cccs2)CC1. The standard InChI is InChI=1S/C14H21N3O3S/c1-2-20-14(19)15-5-6-16-7-9-17(10-8-16)13(18)12-4-3-11-21-12/h3-4,11H,2,5-10H2,1H3,(H,15,19). The predicted octanol–water partition coefficient (Wildman–Crippen LogP) is 1.25. The van der Waals surface area contributed by atoms with Crippen molar-refractivity contribution < 1.29 is 14.3 Å². The lowest BCUT2D eigenvalue weighted by Crippen LogP contribution is -2.50. The van der Waals surface area contributed by atoms with E-state index in [9.17, 15) is 9.59 Å². The van der Waals surface area contributed by atoms with Crippen molar-refractivity contribution in [2.75, 3.05) is 45.9 Å². The molecule has 21 heavy (non-hydrogen) atoms. The van der Waals surface area contributed by atoms with E-state index >= 15 is 0 Å². The number of nitrogens with zero attached hydrogens (tertiary/aromatic N) is 2. The maximum absolute atomic E-state index is 12.2. The summed E-state index contributed by atoms with van der Waals surface area (Å²) in [5.74, 6) is 0.120. The Morgan fingerprint density at radius 2 is 2.10 bits per heavy atom. The molecule has 1 N–H and O–H groups in total. The second-order valence-corrected chi connectivity index (χ2v) is 5.71. The molecule has 0 saturated carbocycles. The molecule has 2 heterocycles. The van der Waals surface area contributed by atoms with E-state index in [0.717, 1.165) is 37.6 Å². The number of carbonyl (C=O) groups is 2. The van der Waals surface area contributed by atoms with Gasteiger partial charge in [-0.25, -0.2) is 4.79 Å². The molecule has 0 atom stereocenters. The number of hydrogen-bond donors (Lipinski definition) is 1. The highest BCUT2D eigenvalue weighted by atomic mass is 32.1. The smallest absolute Gasteiger partial charge is 0.407 e. The van der Waals surface area contributed by atoms with Gasteiger partial charge >= 0.3 is 6.09 Å². The summed E-state index contributed by atoms with van der Waals surface area (Å²) in [6, 6.07) is 3.76. The summed E-state index contributed by atoms with van der Waals surface area (Å²) < 4.78 is 4.80. The summed E-state index contributed by atoms with van der Waals surface area (Å²) >= 11 is 1.48. The van der Waals surface area contributed by atoms with Crippen LogP contribution in [-0.2, 0) is 4.74 Å². The fourth-order valence-corrected chi connectivity index (χ4v) is 2.92. The lowest BCUT2D eigenvalue weighted by Gasteiger charge is -2.34. The predicted molar refractivity (Wildman–Crippen MR) is 81.7 cm³/mol. The fraction of sp³-hybridized carbons (Fsp3) is 0.571. The van der Waals surface area contributed by atoms with Crippen LogP contribution in [0.4, 0.5) is 4.79 Å². The van der Waals surface area contributed by atoms with Crippen molar-refractivity contribution in [3.05, 3.63) is 22.4 Å². The number of amides is 2. The van der Waals surface area contributed by atoms with Gasteiger partial charge in [0, 0.05) is 39.3 Å². The molecule has 0 aliphatic carbocycles. The molecular formula is C14H21N3O3S. The van der Waals surface area contributed by atoms with Crippen LogP contribution in [-0.4, -0.2) is 67.7 Å². The van der Waals surface area contributed by atoms with Crippen LogP contribution >= 0.6 is 11.3 Å². The van der Waals surface area contributed by atoms with Gasteiger partial charge in [-0.3, -0.25) is 9.69 Å². The van der Waals surface area contributed by atoms with Crippen LogP contribution in [0.25, 0.3) is 0 Å². The summed E-state index contributed by atoms with van der Waals surface area (Å²) in [5.41, 5.74) is 0. The van der Waals surface area contributed by atoms with Crippen LogP contribution in [0.5, 0.6) is 0 Å². The minimum atomic E-state index is -0.371. The van der Waals surface area contributed by atoms with E-state index in [1.54, 1.807) is 6.92 Å². The van der Waals surface area contributed by atoms with Crippen molar-refractivity contribution in [3.63, 3.8) is 0 Å². The Morgan fingerprint density at radius 3 is 2.71 bits per heavy atom. The van der Waals surface area contributed by atoms with E-state index in [0.29, 0.717) is 13.2 Å². The van der Waals surface area contributed by atoms with Crippen molar-refractivity contribution in [1.29, 1.82) is 0 Å². The highest BCUT2D eigenvalue weighted by Gasteiger charge is 2.22. The zero-order valence-corrected chi connectivity index (χ0v) is 13.0. The Morgan fingerprint density at radius 1 is 1.33 bits per heavy atom. The molecule has 0 aromatic carbocycles. The molecule has 1 saturated heterocycles. The van der Waals surface area contributed by atoms with Gasteiger partial charge in [0.2, 0.25) is 0 Å². The lowest BCUT2D eigenvalue weighted by molar-refractivity contribution is 0.0643. The maximum Gasteiger partial charge on any atom is 0.407 e. The van der Waals surface area contributed by atoms with E-state index in [4.69, 9.17) is 4.74 Å². The Kier molecular flexibility index (Phi) is 6.01. The van der Waals surface area contributed by atoms with Crippen molar-refractivity contribution in [3.8, 4) is 0 Å². The first kappa shape index (κ1) is 15.8. The summed E-state index contributed by atoms with van der Waals surface area (Å²) in [6.07, 6.45) is -0.371. The Balaban J connectivity index is 1.66. The van der Waals surface area contributed by atoms with Crippen molar-refractivity contribution in [2.45, 2.75) is 6.92 Å². The molecule has 0 unspecified atom stereocenters. The fourth-order valence-electron chi connectivity index (χ4n) is 2.23. The monoisotopic (exact) mass is 311 g/mol. The third-order valence-corrected chi connectivity index (χ3v) is 4.22. The summed E-state index contributed by atoms with van der Waals surface area (Å²) in [4.78, 5) is 28.3. The second kappa shape index (κ2) is 7.99. The third kappa shape index (κ3) is 4.71. The lowest BCUT2D eigenvalue weighted by atomic mass is 10.3. The highest BCUT2D eigenvalue weighted by Crippen LogP contribution is 2.13. The largest absolute Gasteiger partial charge is 0.450 e. The number of alkyl carbamates (subject to hydrolysis) is 1. The van der Waals surface area contributed by atoms with Crippen molar-refractivity contribution >= 4 is 23.3 Å². The molecule has 2 rings (SSSR count). The molecule has 0 bridgehead atoms. The quantitative estimate of drug-likeness (QED) is 0.889. The minimum absolute atomic E-state index is 0.120. The molecule has 116 valence electrons. The average molecular weight is 311 g/mol. The van der Waals surface area contributed by atoms with Gasteiger partial charge in [-0.1, -0.05) is 6.07 Å². The van der Waals surface area contributed by atoms with Gasteiger partial charge in [0.05, 0.1) is 11.5 Å². The molecule has 2 amide bonds. The second-order valence-electron chi connectivity index (χ2n) is 4.76. The molecular weight excluding hydrogens is 290 g/mol. The number of ether oxygens (including phenoxy) is 1. The number of hydrogen-bond acceptors (Lipinski definition) is 5. The number of nitrogens with one attached hydrogen (secondary N) is 1. The molecule has 1 aromatic heterocycles. The molecule has 1 aliphatic heterocycles. The molecule has 0 spiro atoms. The molecule has 0 radical (unpaired) electrons. The molecule has 1 aromatic rings. The van der Waals surface area contributed by atoms with Crippen LogP contribution in [0, 0.1) is 0 Å². The summed E-state index contributed by atoms with van der Waals surface area (Å²) in [5, 5.41) is 4.63. The number of piperazine rings is 1. The van der Waals surface area contributed by atoms with E-state index in [1.165, 1.54) is 11.3 Å². The van der Waals surface area contributed by atoms with Gasteiger partial charge in [-0.05, 0) is 18.4 Å². The summed E-state index contributed by atoms with van der Waals surface area (Å²) in [6.45, 7) is 6.64. The van der Waals surface area contributed by atoms with Gasteiger partial charge in [-0.15, -0.1) is 11.3 Å². The molecule has 1 fully saturated rings. The first-order chi connectivity index (χ1) is 10.2.